The molecule has 0 spiro atoms. The van der Waals surface area contributed by atoms with Crippen molar-refractivity contribution in [3.8, 4) is 11.5 Å². The van der Waals surface area contributed by atoms with Crippen molar-refractivity contribution in [3.05, 3.63) is 60.2 Å². The molecule has 0 saturated carbocycles. The van der Waals surface area contributed by atoms with Crippen LogP contribution in [-0.4, -0.2) is 19.0 Å². The average molecular weight is 311 g/mol. The fourth-order valence-electron chi connectivity index (χ4n) is 1.96. The molecular weight excluding hydrogens is 294 g/mol. The third kappa shape index (κ3) is 5.00. The van der Waals surface area contributed by atoms with Crippen molar-refractivity contribution >= 4 is 23.6 Å². The van der Waals surface area contributed by atoms with Crippen LogP contribution in [0.5, 0.6) is 11.5 Å². The number of nitrogens with one attached hydrogen (secondary N) is 1. The fraction of sp³-hybridized carbons (Fsp3) is 0.111. The van der Waals surface area contributed by atoms with E-state index in [9.17, 15) is 9.59 Å². The Morgan fingerprint density at radius 2 is 1.87 bits per heavy atom. The predicted molar refractivity (Wildman–Crippen MR) is 88.4 cm³/mol. The minimum Gasteiger partial charge on any atom is -0.496 e. The Bertz CT molecular complexity index is 737. The third-order valence-corrected chi connectivity index (χ3v) is 2.92. The molecule has 0 atom stereocenters. The van der Waals surface area contributed by atoms with E-state index in [1.807, 2.05) is 24.3 Å². The molecular formula is C18H17NO4. The molecule has 118 valence electrons. The van der Waals surface area contributed by atoms with Gasteiger partial charge in [0, 0.05) is 30.3 Å². The number of benzene rings is 2. The molecule has 2 aromatic rings. The second-order valence-corrected chi connectivity index (χ2v) is 4.69. The van der Waals surface area contributed by atoms with Gasteiger partial charge in [-0.2, -0.15) is 0 Å². The zero-order chi connectivity index (χ0) is 16.7. The highest BCUT2D eigenvalue weighted by molar-refractivity contribution is 6.02. The first kappa shape index (κ1) is 16.3. The van der Waals surface area contributed by atoms with E-state index in [0.29, 0.717) is 17.2 Å². The molecule has 0 unspecified atom stereocenters. The Balaban J connectivity index is 2.04. The van der Waals surface area contributed by atoms with E-state index in [1.54, 1.807) is 37.5 Å². The Morgan fingerprint density at radius 1 is 1.09 bits per heavy atom. The van der Waals surface area contributed by atoms with Crippen LogP contribution in [0, 0.1) is 0 Å². The molecule has 23 heavy (non-hydrogen) atoms. The second-order valence-electron chi connectivity index (χ2n) is 4.69. The normalized spacial score (nSPS) is 10.3. The standard InChI is InChI=1S/C18H17NO4/c1-13(20)23-16-8-5-7-15(12-16)19-18(21)11-10-14-6-3-4-9-17(14)22-2/h3-12H,1-2H3,(H,19,21)/b11-10+. The predicted octanol–water partition coefficient (Wildman–Crippen LogP) is 3.27. The number of carbonyl (C=O) groups excluding carboxylic acids is 2. The maximum absolute atomic E-state index is 12.0. The molecule has 0 aliphatic carbocycles. The molecule has 0 saturated heterocycles. The summed E-state index contributed by atoms with van der Waals surface area (Å²) in [5, 5.41) is 2.71. The summed E-state index contributed by atoms with van der Waals surface area (Å²) >= 11 is 0. The highest BCUT2D eigenvalue weighted by atomic mass is 16.5. The molecule has 2 aromatic carbocycles. The number of esters is 1. The smallest absolute Gasteiger partial charge is 0.308 e. The lowest BCUT2D eigenvalue weighted by atomic mass is 10.2. The minimum atomic E-state index is -0.412. The van der Waals surface area contributed by atoms with E-state index >= 15 is 0 Å². The molecule has 0 aliphatic rings. The molecule has 0 bridgehead atoms. The van der Waals surface area contributed by atoms with E-state index in [1.165, 1.54) is 13.0 Å². The highest BCUT2D eigenvalue weighted by Gasteiger charge is 2.03. The van der Waals surface area contributed by atoms with Crippen LogP contribution in [0.15, 0.2) is 54.6 Å². The summed E-state index contributed by atoms with van der Waals surface area (Å²) in [6.07, 6.45) is 3.08. The number of amides is 1. The van der Waals surface area contributed by atoms with Gasteiger partial charge in [0.25, 0.3) is 0 Å². The number of hydrogen-bond donors (Lipinski definition) is 1. The van der Waals surface area contributed by atoms with Crippen molar-refractivity contribution < 1.29 is 19.1 Å². The van der Waals surface area contributed by atoms with Crippen LogP contribution in [0.1, 0.15) is 12.5 Å². The van der Waals surface area contributed by atoms with Gasteiger partial charge in [0.15, 0.2) is 0 Å². The second kappa shape index (κ2) is 7.79. The van der Waals surface area contributed by atoms with E-state index in [-0.39, 0.29) is 5.91 Å². The summed E-state index contributed by atoms with van der Waals surface area (Å²) in [4.78, 5) is 22.9. The summed E-state index contributed by atoms with van der Waals surface area (Å²) < 4.78 is 10.2. The van der Waals surface area contributed by atoms with Crippen LogP contribution >= 0.6 is 0 Å². The number of hydrogen-bond acceptors (Lipinski definition) is 4. The SMILES string of the molecule is COc1ccccc1/C=C/C(=O)Nc1cccc(OC(C)=O)c1. The maximum Gasteiger partial charge on any atom is 0.308 e. The van der Waals surface area contributed by atoms with Gasteiger partial charge in [0.2, 0.25) is 5.91 Å². The van der Waals surface area contributed by atoms with Crippen molar-refractivity contribution in [2.24, 2.45) is 0 Å². The number of ether oxygens (including phenoxy) is 2. The summed E-state index contributed by atoms with van der Waals surface area (Å²) in [7, 11) is 1.58. The first-order chi connectivity index (χ1) is 11.1. The Labute approximate surface area is 134 Å². The fourth-order valence-corrected chi connectivity index (χ4v) is 1.96. The number of anilines is 1. The number of para-hydroxylation sites is 1. The van der Waals surface area contributed by atoms with E-state index in [0.717, 1.165) is 5.56 Å². The van der Waals surface area contributed by atoms with Gasteiger partial charge in [-0.1, -0.05) is 24.3 Å². The molecule has 0 aromatic heterocycles. The molecule has 0 aliphatic heterocycles. The molecule has 0 heterocycles. The summed E-state index contributed by atoms with van der Waals surface area (Å²) in [5.41, 5.74) is 1.34. The molecule has 1 amide bonds. The monoisotopic (exact) mass is 311 g/mol. The van der Waals surface area contributed by atoms with E-state index in [2.05, 4.69) is 5.32 Å². The van der Waals surface area contributed by atoms with Crippen molar-refractivity contribution in [1.82, 2.24) is 0 Å². The maximum atomic E-state index is 12.0. The number of methoxy groups -OCH3 is 1. The van der Waals surface area contributed by atoms with Crippen molar-refractivity contribution in [2.75, 3.05) is 12.4 Å². The molecule has 0 radical (unpaired) electrons. The van der Waals surface area contributed by atoms with Crippen molar-refractivity contribution in [2.45, 2.75) is 6.92 Å². The van der Waals surface area contributed by atoms with Gasteiger partial charge in [-0.05, 0) is 24.3 Å². The first-order valence-corrected chi connectivity index (χ1v) is 6.99. The van der Waals surface area contributed by atoms with Crippen LogP contribution in [0.2, 0.25) is 0 Å². The van der Waals surface area contributed by atoms with E-state index < -0.39 is 5.97 Å². The lowest BCUT2D eigenvalue weighted by Crippen LogP contribution is -2.08. The molecule has 5 heteroatoms. The van der Waals surface area contributed by atoms with Crippen LogP contribution in [0.3, 0.4) is 0 Å². The van der Waals surface area contributed by atoms with Gasteiger partial charge < -0.3 is 14.8 Å². The average Bonchev–Trinajstić information content (AvgIpc) is 2.53. The third-order valence-electron chi connectivity index (χ3n) is 2.92. The van der Waals surface area contributed by atoms with Gasteiger partial charge in [0.05, 0.1) is 7.11 Å². The van der Waals surface area contributed by atoms with Gasteiger partial charge in [-0.25, -0.2) is 0 Å². The van der Waals surface area contributed by atoms with E-state index in [4.69, 9.17) is 9.47 Å². The minimum absolute atomic E-state index is 0.295. The van der Waals surface area contributed by atoms with Crippen LogP contribution in [0.4, 0.5) is 5.69 Å². The first-order valence-electron chi connectivity index (χ1n) is 6.99. The Hall–Kier alpha value is -3.08. The Kier molecular flexibility index (Phi) is 5.52. The summed E-state index contributed by atoms with van der Waals surface area (Å²) in [6.45, 7) is 1.32. The largest absolute Gasteiger partial charge is 0.496 e. The lowest BCUT2D eigenvalue weighted by Gasteiger charge is -2.06. The highest BCUT2D eigenvalue weighted by Crippen LogP contribution is 2.19. The van der Waals surface area contributed by atoms with Crippen molar-refractivity contribution in [3.63, 3.8) is 0 Å². The topological polar surface area (TPSA) is 64.6 Å². The molecule has 2 rings (SSSR count). The van der Waals surface area contributed by atoms with Gasteiger partial charge >= 0.3 is 5.97 Å². The quantitative estimate of drug-likeness (QED) is 0.523. The summed E-state index contributed by atoms with van der Waals surface area (Å²) in [5.74, 6) is 0.359. The molecule has 5 nitrogen and oxygen atoms in total. The lowest BCUT2D eigenvalue weighted by molar-refractivity contribution is -0.131. The molecule has 1 N–H and O–H groups in total. The van der Waals surface area contributed by atoms with Gasteiger partial charge in [-0.3, -0.25) is 9.59 Å². The summed E-state index contributed by atoms with van der Waals surface area (Å²) in [6, 6.07) is 14.0. The van der Waals surface area contributed by atoms with Gasteiger partial charge in [-0.15, -0.1) is 0 Å². The molecule has 0 fully saturated rings. The van der Waals surface area contributed by atoms with Crippen molar-refractivity contribution in [1.29, 1.82) is 0 Å². The zero-order valence-corrected chi connectivity index (χ0v) is 12.9. The van der Waals surface area contributed by atoms with Gasteiger partial charge in [0.1, 0.15) is 11.5 Å². The number of carbonyl (C=O) groups is 2. The van der Waals surface area contributed by atoms with Crippen LogP contribution in [-0.2, 0) is 9.59 Å². The Morgan fingerprint density at radius 3 is 2.61 bits per heavy atom. The van der Waals surface area contributed by atoms with Crippen LogP contribution in [0.25, 0.3) is 6.08 Å². The zero-order valence-electron chi connectivity index (χ0n) is 12.9. The van der Waals surface area contributed by atoms with Crippen LogP contribution < -0.4 is 14.8 Å². The number of rotatable bonds is 5.